The number of piperazine rings is 1. The molecule has 0 saturated carbocycles. The number of rotatable bonds is 2. The van der Waals surface area contributed by atoms with Crippen LogP contribution < -0.4 is 4.90 Å². The number of benzene rings is 1. The van der Waals surface area contributed by atoms with Gasteiger partial charge in [-0.3, -0.25) is 4.79 Å². The lowest BCUT2D eigenvalue weighted by Gasteiger charge is -2.35. The minimum absolute atomic E-state index is 0.0552. The van der Waals surface area contributed by atoms with Crippen LogP contribution in [0, 0.1) is 0 Å². The van der Waals surface area contributed by atoms with E-state index in [0.717, 1.165) is 18.8 Å². The van der Waals surface area contributed by atoms with Crippen LogP contribution in [0.3, 0.4) is 0 Å². The number of phenols is 1. The topological polar surface area (TPSA) is 56.9 Å². The van der Waals surface area contributed by atoms with Gasteiger partial charge in [-0.05, 0) is 36.4 Å². The lowest BCUT2D eigenvalue weighted by molar-refractivity contribution is 0.0714. The first-order chi connectivity index (χ1) is 9.74. The van der Waals surface area contributed by atoms with Crippen molar-refractivity contribution in [3.63, 3.8) is 0 Å². The molecule has 1 saturated heterocycles. The molecule has 20 heavy (non-hydrogen) atoms. The van der Waals surface area contributed by atoms with Crippen LogP contribution in [0.15, 0.2) is 47.1 Å². The summed E-state index contributed by atoms with van der Waals surface area (Å²) in [5, 5.41) is 9.29. The fourth-order valence-electron chi connectivity index (χ4n) is 2.39. The van der Waals surface area contributed by atoms with E-state index >= 15 is 0 Å². The highest BCUT2D eigenvalue weighted by Gasteiger charge is 2.23. The van der Waals surface area contributed by atoms with Gasteiger partial charge in [0.1, 0.15) is 5.75 Å². The van der Waals surface area contributed by atoms with Crippen molar-refractivity contribution in [2.75, 3.05) is 31.1 Å². The molecule has 1 aromatic heterocycles. The van der Waals surface area contributed by atoms with Gasteiger partial charge in [-0.1, -0.05) is 0 Å². The number of amides is 1. The number of phenolic OH excluding ortho intramolecular Hbond substituents is 1. The average Bonchev–Trinajstić information content (AvgIpc) is 3.02. The molecule has 0 atom stereocenters. The van der Waals surface area contributed by atoms with Crippen LogP contribution in [0.25, 0.3) is 0 Å². The maximum atomic E-state index is 12.1. The maximum absolute atomic E-state index is 12.1. The fourth-order valence-corrected chi connectivity index (χ4v) is 2.39. The van der Waals surface area contributed by atoms with Gasteiger partial charge in [-0.15, -0.1) is 0 Å². The predicted octanol–water partition coefficient (Wildman–Crippen LogP) is 1.95. The summed E-state index contributed by atoms with van der Waals surface area (Å²) in [5.41, 5.74) is 1.06. The normalized spacial score (nSPS) is 15.4. The van der Waals surface area contributed by atoms with Crippen LogP contribution in [-0.4, -0.2) is 42.1 Å². The smallest absolute Gasteiger partial charge is 0.289 e. The van der Waals surface area contributed by atoms with Crippen molar-refractivity contribution >= 4 is 11.6 Å². The van der Waals surface area contributed by atoms with Gasteiger partial charge in [0, 0.05) is 31.9 Å². The molecule has 1 amide bonds. The number of carbonyl (C=O) groups is 1. The van der Waals surface area contributed by atoms with Gasteiger partial charge in [0.15, 0.2) is 5.76 Å². The minimum atomic E-state index is -0.0552. The van der Waals surface area contributed by atoms with Crippen molar-refractivity contribution in [2.24, 2.45) is 0 Å². The highest BCUT2D eigenvalue weighted by molar-refractivity contribution is 5.91. The van der Waals surface area contributed by atoms with E-state index < -0.39 is 0 Å². The Bertz CT molecular complexity index is 570. The number of hydrogen-bond donors (Lipinski definition) is 1. The molecule has 1 aromatic carbocycles. The van der Waals surface area contributed by atoms with Gasteiger partial charge < -0.3 is 19.3 Å². The minimum Gasteiger partial charge on any atom is -0.508 e. The van der Waals surface area contributed by atoms with E-state index in [2.05, 4.69) is 4.90 Å². The summed E-state index contributed by atoms with van der Waals surface area (Å²) in [4.78, 5) is 16.1. The van der Waals surface area contributed by atoms with E-state index in [1.54, 1.807) is 29.2 Å². The number of nitrogens with zero attached hydrogens (tertiary/aromatic N) is 2. The van der Waals surface area contributed by atoms with E-state index in [4.69, 9.17) is 4.42 Å². The van der Waals surface area contributed by atoms with Crippen LogP contribution in [0.5, 0.6) is 5.75 Å². The zero-order valence-corrected chi connectivity index (χ0v) is 11.0. The van der Waals surface area contributed by atoms with Crippen LogP contribution in [-0.2, 0) is 0 Å². The molecule has 0 aliphatic carbocycles. The molecule has 1 N–H and O–H groups in total. The molecule has 2 heterocycles. The summed E-state index contributed by atoms with van der Waals surface area (Å²) < 4.78 is 5.14. The first-order valence-electron chi connectivity index (χ1n) is 6.61. The molecule has 5 nitrogen and oxygen atoms in total. The highest BCUT2D eigenvalue weighted by atomic mass is 16.3. The van der Waals surface area contributed by atoms with Crippen LogP contribution >= 0.6 is 0 Å². The molecule has 3 rings (SSSR count). The number of aromatic hydroxyl groups is 1. The summed E-state index contributed by atoms with van der Waals surface area (Å²) in [6, 6.07) is 10.5. The van der Waals surface area contributed by atoms with E-state index in [-0.39, 0.29) is 11.7 Å². The molecule has 1 aliphatic heterocycles. The second-order valence-corrected chi connectivity index (χ2v) is 4.77. The lowest BCUT2D eigenvalue weighted by Crippen LogP contribution is -2.48. The summed E-state index contributed by atoms with van der Waals surface area (Å²) in [6.45, 7) is 2.88. The van der Waals surface area contributed by atoms with Gasteiger partial charge in [0.2, 0.25) is 0 Å². The Morgan fingerprint density at radius 2 is 1.75 bits per heavy atom. The van der Waals surface area contributed by atoms with Crippen LogP contribution in [0.2, 0.25) is 0 Å². The SMILES string of the molecule is O=C(c1ccco1)N1CCN(c2ccc(O)cc2)CC1. The lowest BCUT2D eigenvalue weighted by atomic mass is 10.2. The van der Waals surface area contributed by atoms with Gasteiger partial charge in [-0.2, -0.15) is 0 Å². The number of carbonyl (C=O) groups excluding carboxylic acids is 1. The molecular formula is C15H16N2O3. The number of hydrogen-bond acceptors (Lipinski definition) is 4. The second kappa shape index (κ2) is 5.28. The van der Waals surface area contributed by atoms with Crippen molar-refractivity contribution in [1.82, 2.24) is 4.90 Å². The van der Waals surface area contributed by atoms with E-state index in [1.165, 1.54) is 6.26 Å². The monoisotopic (exact) mass is 272 g/mol. The third kappa shape index (κ3) is 2.47. The van der Waals surface area contributed by atoms with Gasteiger partial charge >= 0.3 is 0 Å². The summed E-state index contributed by atoms with van der Waals surface area (Å²) in [6.07, 6.45) is 1.51. The zero-order valence-electron chi connectivity index (χ0n) is 11.0. The van der Waals surface area contributed by atoms with Crippen LogP contribution in [0.1, 0.15) is 10.6 Å². The van der Waals surface area contributed by atoms with Crippen molar-refractivity contribution in [3.8, 4) is 5.75 Å². The molecule has 5 heteroatoms. The van der Waals surface area contributed by atoms with Gasteiger partial charge in [0.05, 0.1) is 6.26 Å². The Balaban J connectivity index is 1.62. The summed E-state index contributed by atoms with van der Waals surface area (Å²) in [5.74, 6) is 0.601. The van der Waals surface area contributed by atoms with E-state index in [0.29, 0.717) is 18.8 Å². The molecule has 104 valence electrons. The van der Waals surface area contributed by atoms with Crippen LogP contribution in [0.4, 0.5) is 5.69 Å². The molecule has 0 unspecified atom stereocenters. The fraction of sp³-hybridized carbons (Fsp3) is 0.267. The number of furan rings is 1. The van der Waals surface area contributed by atoms with Crippen molar-refractivity contribution in [3.05, 3.63) is 48.4 Å². The average molecular weight is 272 g/mol. The van der Waals surface area contributed by atoms with Gasteiger partial charge in [0.25, 0.3) is 5.91 Å². The van der Waals surface area contributed by atoms with E-state index in [1.807, 2.05) is 12.1 Å². The first-order valence-corrected chi connectivity index (χ1v) is 6.61. The molecule has 0 bridgehead atoms. The third-order valence-electron chi connectivity index (χ3n) is 3.51. The molecule has 0 radical (unpaired) electrons. The summed E-state index contributed by atoms with van der Waals surface area (Å²) in [7, 11) is 0. The largest absolute Gasteiger partial charge is 0.508 e. The van der Waals surface area contributed by atoms with Gasteiger partial charge in [-0.25, -0.2) is 0 Å². The van der Waals surface area contributed by atoms with Crippen molar-refractivity contribution in [2.45, 2.75) is 0 Å². The first kappa shape index (κ1) is 12.6. The van der Waals surface area contributed by atoms with E-state index in [9.17, 15) is 9.90 Å². The zero-order chi connectivity index (χ0) is 13.9. The quantitative estimate of drug-likeness (QED) is 0.907. The molecule has 2 aromatic rings. The molecule has 1 aliphatic rings. The second-order valence-electron chi connectivity index (χ2n) is 4.77. The Morgan fingerprint density at radius 1 is 1.05 bits per heavy atom. The highest BCUT2D eigenvalue weighted by Crippen LogP contribution is 2.20. The standard InChI is InChI=1S/C15H16N2O3/c18-13-5-3-12(4-6-13)16-7-9-17(10-8-16)15(19)14-2-1-11-20-14/h1-6,11,18H,7-10H2. The predicted molar refractivity (Wildman–Crippen MR) is 74.9 cm³/mol. The molecule has 0 spiro atoms. The Morgan fingerprint density at radius 3 is 2.35 bits per heavy atom. The molecular weight excluding hydrogens is 256 g/mol. The van der Waals surface area contributed by atoms with Crippen molar-refractivity contribution < 1.29 is 14.3 Å². The molecule has 1 fully saturated rings. The Kier molecular flexibility index (Phi) is 3.33. The summed E-state index contributed by atoms with van der Waals surface area (Å²) >= 11 is 0. The maximum Gasteiger partial charge on any atom is 0.289 e. The Labute approximate surface area is 117 Å². The third-order valence-corrected chi connectivity index (χ3v) is 3.51. The number of anilines is 1. The Hall–Kier alpha value is -2.43. The van der Waals surface area contributed by atoms with Crippen molar-refractivity contribution in [1.29, 1.82) is 0 Å².